The number of carbonyl (C=O) groups excluding carboxylic acids is 2. The van der Waals surface area contributed by atoms with E-state index in [0.717, 1.165) is 0 Å². The van der Waals surface area contributed by atoms with E-state index in [1.165, 1.54) is 12.1 Å². The molecule has 0 saturated heterocycles. The Hall–Kier alpha value is -2.55. The van der Waals surface area contributed by atoms with Crippen LogP contribution in [0.4, 0.5) is 0 Å². The van der Waals surface area contributed by atoms with Crippen LogP contribution >= 0.6 is 23.2 Å². The molecule has 0 aromatic heterocycles. The fourth-order valence-electron chi connectivity index (χ4n) is 2.14. The molecular formula is C18H14Cl2N2O3. The number of hydrogen-bond donors (Lipinski definition) is 1. The van der Waals surface area contributed by atoms with Gasteiger partial charge in [0.1, 0.15) is 0 Å². The summed E-state index contributed by atoms with van der Waals surface area (Å²) < 4.78 is 4.96. The molecule has 25 heavy (non-hydrogen) atoms. The molecule has 0 aliphatic heterocycles. The summed E-state index contributed by atoms with van der Waals surface area (Å²) in [6.45, 7) is 1.32. The zero-order valence-electron chi connectivity index (χ0n) is 13.3. The Labute approximate surface area is 155 Å². The molecule has 0 saturated carbocycles. The fraction of sp³-hybridized carbons (Fsp3) is 0.167. The first kappa shape index (κ1) is 18.8. The van der Waals surface area contributed by atoms with E-state index in [0.29, 0.717) is 21.2 Å². The zero-order chi connectivity index (χ0) is 18.4. The van der Waals surface area contributed by atoms with E-state index < -0.39 is 18.5 Å². The van der Waals surface area contributed by atoms with Crippen molar-refractivity contribution < 1.29 is 14.3 Å². The van der Waals surface area contributed by atoms with Crippen LogP contribution < -0.4 is 5.32 Å². The Bertz CT molecular complexity index is 846. The molecule has 2 aromatic rings. The second-order valence-electron chi connectivity index (χ2n) is 5.22. The average Bonchev–Trinajstić information content (AvgIpc) is 2.59. The molecule has 0 aliphatic rings. The van der Waals surface area contributed by atoms with E-state index in [9.17, 15) is 9.59 Å². The molecule has 0 radical (unpaired) electrons. The van der Waals surface area contributed by atoms with Crippen LogP contribution in [0.5, 0.6) is 0 Å². The summed E-state index contributed by atoms with van der Waals surface area (Å²) in [5.41, 5.74) is 1.25. The number of esters is 1. The van der Waals surface area contributed by atoms with Crippen LogP contribution in [0.3, 0.4) is 0 Å². The largest absolute Gasteiger partial charge is 0.452 e. The Balaban J connectivity index is 1.91. The number of carbonyl (C=O) groups is 2. The third-order valence-corrected chi connectivity index (χ3v) is 3.93. The number of ether oxygens (including phenoxy) is 1. The smallest absolute Gasteiger partial charge is 0.338 e. The van der Waals surface area contributed by atoms with Crippen LogP contribution in [0.2, 0.25) is 10.0 Å². The van der Waals surface area contributed by atoms with Crippen LogP contribution in [0.15, 0.2) is 42.5 Å². The highest BCUT2D eigenvalue weighted by Crippen LogP contribution is 2.25. The second-order valence-corrected chi connectivity index (χ2v) is 6.07. The first-order valence-electron chi connectivity index (χ1n) is 7.32. The van der Waals surface area contributed by atoms with Gasteiger partial charge in [-0.15, -0.1) is 0 Å². The summed E-state index contributed by atoms with van der Waals surface area (Å²) in [6, 6.07) is 12.6. The van der Waals surface area contributed by atoms with Crippen LogP contribution in [-0.4, -0.2) is 18.5 Å². The molecule has 5 nitrogen and oxygen atoms in total. The molecule has 1 atom stereocenters. The van der Waals surface area contributed by atoms with E-state index in [4.69, 9.17) is 33.2 Å². The summed E-state index contributed by atoms with van der Waals surface area (Å²) in [6.07, 6.45) is 0. The van der Waals surface area contributed by atoms with Gasteiger partial charge in [-0.3, -0.25) is 4.79 Å². The van der Waals surface area contributed by atoms with Crippen LogP contribution in [-0.2, 0) is 9.53 Å². The Morgan fingerprint density at radius 1 is 1.24 bits per heavy atom. The Morgan fingerprint density at radius 3 is 2.68 bits per heavy atom. The van der Waals surface area contributed by atoms with Crippen molar-refractivity contribution in [1.29, 1.82) is 5.26 Å². The minimum Gasteiger partial charge on any atom is -0.452 e. The first-order chi connectivity index (χ1) is 11.9. The zero-order valence-corrected chi connectivity index (χ0v) is 14.8. The number of amides is 1. The molecule has 2 rings (SSSR count). The van der Waals surface area contributed by atoms with Crippen LogP contribution in [0.25, 0.3) is 0 Å². The van der Waals surface area contributed by atoms with Crippen molar-refractivity contribution in [3.63, 3.8) is 0 Å². The van der Waals surface area contributed by atoms with E-state index in [-0.39, 0.29) is 11.6 Å². The highest BCUT2D eigenvalue weighted by atomic mass is 35.5. The minimum absolute atomic E-state index is 0.209. The lowest BCUT2D eigenvalue weighted by atomic mass is 10.1. The van der Waals surface area contributed by atoms with Gasteiger partial charge in [-0.2, -0.15) is 5.26 Å². The third kappa shape index (κ3) is 5.21. The molecule has 2 aromatic carbocycles. The van der Waals surface area contributed by atoms with Crippen molar-refractivity contribution in [1.82, 2.24) is 5.32 Å². The standard InChI is InChI=1S/C18H14Cl2N2O3/c1-11(15-6-5-14(19)8-16(15)20)22-17(23)10-25-18(24)13-4-2-3-12(7-13)9-21/h2-8,11H,10H2,1H3,(H,22,23)/t11-/m1/s1. The summed E-state index contributed by atoms with van der Waals surface area (Å²) >= 11 is 11.9. The van der Waals surface area contributed by atoms with Gasteiger partial charge in [0.15, 0.2) is 6.61 Å². The Kier molecular flexibility index (Phi) is 6.40. The molecule has 0 spiro atoms. The summed E-state index contributed by atoms with van der Waals surface area (Å²) in [4.78, 5) is 23.9. The summed E-state index contributed by atoms with van der Waals surface area (Å²) in [5, 5.41) is 12.4. The molecule has 0 unspecified atom stereocenters. The van der Waals surface area contributed by atoms with Crippen molar-refractivity contribution in [2.45, 2.75) is 13.0 Å². The molecule has 0 heterocycles. The van der Waals surface area contributed by atoms with Crippen molar-refractivity contribution in [2.24, 2.45) is 0 Å². The summed E-state index contributed by atoms with van der Waals surface area (Å²) in [5.74, 6) is -1.15. The molecule has 1 N–H and O–H groups in total. The van der Waals surface area contributed by atoms with Gasteiger partial charge < -0.3 is 10.1 Å². The highest BCUT2D eigenvalue weighted by molar-refractivity contribution is 6.35. The van der Waals surface area contributed by atoms with Crippen molar-refractivity contribution in [3.8, 4) is 6.07 Å². The quantitative estimate of drug-likeness (QED) is 0.802. The second kappa shape index (κ2) is 8.52. The molecule has 1 amide bonds. The van der Waals surface area contributed by atoms with Gasteiger partial charge in [0, 0.05) is 10.0 Å². The van der Waals surface area contributed by atoms with Gasteiger partial charge in [0.25, 0.3) is 5.91 Å². The average molecular weight is 377 g/mol. The normalized spacial score (nSPS) is 11.3. The third-order valence-electron chi connectivity index (χ3n) is 3.37. The summed E-state index contributed by atoms with van der Waals surface area (Å²) in [7, 11) is 0. The topological polar surface area (TPSA) is 79.2 Å². The molecule has 0 fully saturated rings. The SMILES string of the molecule is C[C@@H](NC(=O)COC(=O)c1cccc(C#N)c1)c1ccc(Cl)cc1Cl. The van der Waals surface area contributed by atoms with Crippen molar-refractivity contribution in [3.05, 3.63) is 69.2 Å². The number of halogens is 2. The highest BCUT2D eigenvalue weighted by Gasteiger charge is 2.15. The number of benzene rings is 2. The predicted octanol–water partition coefficient (Wildman–Crippen LogP) is 3.90. The van der Waals surface area contributed by atoms with Gasteiger partial charge in [0.05, 0.1) is 23.2 Å². The van der Waals surface area contributed by atoms with Gasteiger partial charge in [-0.1, -0.05) is 35.3 Å². The van der Waals surface area contributed by atoms with E-state index in [1.807, 2.05) is 6.07 Å². The maximum atomic E-state index is 12.0. The number of nitriles is 1. The Morgan fingerprint density at radius 2 is 2.00 bits per heavy atom. The molecule has 0 aliphatic carbocycles. The van der Waals surface area contributed by atoms with Crippen LogP contribution in [0.1, 0.15) is 34.5 Å². The van der Waals surface area contributed by atoms with Gasteiger partial charge in [0.2, 0.25) is 0 Å². The lowest BCUT2D eigenvalue weighted by Gasteiger charge is -2.16. The molecular weight excluding hydrogens is 363 g/mol. The molecule has 128 valence electrons. The van der Waals surface area contributed by atoms with E-state index in [1.54, 1.807) is 37.3 Å². The number of rotatable bonds is 5. The van der Waals surface area contributed by atoms with Crippen molar-refractivity contribution >= 4 is 35.1 Å². The number of nitrogens with one attached hydrogen (secondary N) is 1. The maximum Gasteiger partial charge on any atom is 0.338 e. The first-order valence-corrected chi connectivity index (χ1v) is 8.08. The van der Waals surface area contributed by atoms with Gasteiger partial charge in [-0.25, -0.2) is 4.79 Å². The predicted molar refractivity (Wildman–Crippen MR) is 94.5 cm³/mol. The number of nitrogens with zero attached hydrogens (tertiary/aromatic N) is 1. The van der Waals surface area contributed by atoms with Gasteiger partial charge in [-0.05, 0) is 42.8 Å². The molecule has 0 bridgehead atoms. The maximum absolute atomic E-state index is 12.0. The van der Waals surface area contributed by atoms with Crippen molar-refractivity contribution in [2.75, 3.05) is 6.61 Å². The van der Waals surface area contributed by atoms with E-state index >= 15 is 0 Å². The van der Waals surface area contributed by atoms with Gasteiger partial charge >= 0.3 is 5.97 Å². The lowest BCUT2D eigenvalue weighted by molar-refractivity contribution is -0.124. The number of hydrogen-bond acceptors (Lipinski definition) is 4. The lowest BCUT2D eigenvalue weighted by Crippen LogP contribution is -2.31. The monoisotopic (exact) mass is 376 g/mol. The molecule has 7 heteroatoms. The minimum atomic E-state index is -0.676. The fourth-order valence-corrected chi connectivity index (χ4v) is 2.72. The van der Waals surface area contributed by atoms with Crippen LogP contribution in [0, 0.1) is 11.3 Å². The van der Waals surface area contributed by atoms with E-state index in [2.05, 4.69) is 5.32 Å².